The largest absolute Gasteiger partial charge is 0.355 e. The van der Waals surface area contributed by atoms with Gasteiger partial charge in [0.05, 0.1) is 5.75 Å². The molecule has 0 spiro atoms. The van der Waals surface area contributed by atoms with Crippen LogP contribution in [-0.4, -0.2) is 45.5 Å². The summed E-state index contributed by atoms with van der Waals surface area (Å²) in [5, 5.41) is 6.18. The van der Waals surface area contributed by atoms with Gasteiger partial charge in [-0.25, -0.2) is 8.42 Å². The number of hydrogen-bond donors (Lipinski definition) is 2. The Morgan fingerprint density at radius 1 is 1.44 bits per heavy atom. The smallest absolute Gasteiger partial charge is 0.191 e. The normalized spacial score (nSPS) is 16.5. The topological polar surface area (TPSA) is 70.6 Å². The molecule has 0 atom stereocenters. The lowest BCUT2D eigenvalue weighted by Gasteiger charge is -2.10. The summed E-state index contributed by atoms with van der Waals surface area (Å²) in [6.45, 7) is 2.08. The minimum Gasteiger partial charge on any atom is -0.355 e. The Morgan fingerprint density at radius 3 is 2.50 bits per heavy atom. The van der Waals surface area contributed by atoms with E-state index in [0.717, 1.165) is 0 Å². The second-order valence-corrected chi connectivity index (χ2v) is 6.13. The van der Waals surface area contributed by atoms with Crippen LogP contribution in [0.25, 0.3) is 0 Å². The third-order valence-corrected chi connectivity index (χ3v) is 3.99. The third kappa shape index (κ3) is 6.51. The molecule has 0 unspecified atom stereocenters. The van der Waals surface area contributed by atoms with Crippen LogP contribution in [0.1, 0.15) is 19.8 Å². The first kappa shape index (κ1) is 16.0. The van der Waals surface area contributed by atoms with Crippen LogP contribution < -0.4 is 10.6 Å². The minimum absolute atomic E-state index is 0. The van der Waals surface area contributed by atoms with Crippen LogP contribution in [0.2, 0.25) is 0 Å². The number of rotatable bonds is 5. The van der Waals surface area contributed by atoms with E-state index in [9.17, 15) is 8.42 Å². The van der Waals surface area contributed by atoms with E-state index in [2.05, 4.69) is 15.6 Å². The monoisotopic (exact) mass is 361 g/mol. The molecule has 0 aromatic rings. The molecule has 0 aromatic carbocycles. The van der Waals surface area contributed by atoms with Crippen molar-refractivity contribution < 1.29 is 8.42 Å². The Bertz CT molecular complexity index is 326. The van der Waals surface area contributed by atoms with Crippen LogP contribution in [0.4, 0.5) is 0 Å². The van der Waals surface area contributed by atoms with Crippen LogP contribution >= 0.6 is 24.0 Å². The van der Waals surface area contributed by atoms with Crippen molar-refractivity contribution >= 4 is 39.8 Å². The Morgan fingerprint density at radius 2 is 2.06 bits per heavy atom. The maximum atomic E-state index is 11.2. The van der Waals surface area contributed by atoms with Crippen molar-refractivity contribution in [3.63, 3.8) is 0 Å². The molecule has 1 aliphatic carbocycles. The van der Waals surface area contributed by atoms with Crippen LogP contribution in [0, 0.1) is 0 Å². The average molecular weight is 361 g/mol. The fourth-order valence-electron chi connectivity index (χ4n) is 1.08. The molecule has 0 bridgehead atoms. The van der Waals surface area contributed by atoms with Crippen molar-refractivity contribution in [2.75, 3.05) is 25.1 Å². The summed E-state index contributed by atoms with van der Waals surface area (Å²) >= 11 is 0. The highest BCUT2D eigenvalue weighted by atomic mass is 127. The zero-order valence-corrected chi connectivity index (χ0v) is 12.8. The van der Waals surface area contributed by atoms with E-state index in [0.29, 0.717) is 18.5 Å². The second kappa shape index (κ2) is 7.31. The number of guanidine groups is 1. The van der Waals surface area contributed by atoms with E-state index in [1.807, 2.05) is 0 Å². The highest BCUT2D eigenvalue weighted by Crippen LogP contribution is 2.18. The van der Waals surface area contributed by atoms with Crippen molar-refractivity contribution in [1.29, 1.82) is 0 Å². The van der Waals surface area contributed by atoms with Crippen LogP contribution in [0.3, 0.4) is 0 Å². The van der Waals surface area contributed by atoms with E-state index in [4.69, 9.17) is 0 Å². The molecule has 0 aliphatic heterocycles. The van der Waals surface area contributed by atoms with Gasteiger partial charge in [-0.3, -0.25) is 4.99 Å². The number of sulfone groups is 1. The summed E-state index contributed by atoms with van der Waals surface area (Å²) in [7, 11) is -1.19. The molecule has 1 aliphatic rings. The van der Waals surface area contributed by atoms with E-state index in [1.54, 1.807) is 14.0 Å². The molecule has 1 saturated carbocycles. The van der Waals surface area contributed by atoms with E-state index >= 15 is 0 Å². The molecular formula is C9H20IN3O2S. The molecule has 5 nitrogen and oxygen atoms in total. The van der Waals surface area contributed by atoms with E-state index < -0.39 is 9.84 Å². The number of nitrogens with zero attached hydrogens (tertiary/aromatic N) is 1. The highest BCUT2D eigenvalue weighted by Gasteiger charge is 2.22. The van der Waals surface area contributed by atoms with Gasteiger partial charge in [-0.05, 0) is 12.8 Å². The molecule has 0 heterocycles. The Balaban J connectivity index is 0.00000225. The van der Waals surface area contributed by atoms with Crippen molar-refractivity contribution in [3.8, 4) is 0 Å². The molecule has 16 heavy (non-hydrogen) atoms. The molecule has 1 fully saturated rings. The molecule has 0 saturated heterocycles. The fraction of sp³-hybridized carbons (Fsp3) is 0.889. The van der Waals surface area contributed by atoms with Crippen LogP contribution in [0.15, 0.2) is 4.99 Å². The SMILES string of the molecule is CCS(=O)(=O)CCNC(=NC)NC1CC1.I. The Labute approximate surface area is 114 Å². The van der Waals surface area contributed by atoms with Gasteiger partial charge < -0.3 is 10.6 Å². The molecule has 1 rings (SSSR count). The van der Waals surface area contributed by atoms with Gasteiger partial charge in [0.1, 0.15) is 0 Å². The number of halogens is 1. The van der Waals surface area contributed by atoms with E-state index in [1.165, 1.54) is 12.8 Å². The predicted molar refractivity (Wildman–Crippen MR) is 77.3 cm³/mol. The van der Waals surface area contributed by atoms with Gasteiger partial charge >= 0.3 is 0 Å². The number of hydrogen-bond acceptors (Lipinski definition) is 3. The summed E-state index contributed by atoms with van der Waals surface area (Å²) < 4.78 is 22.4. The lowest BCUT2D eigenvalue weighted by molar-refractivity contribution is 0.595. The first-order chi connectivity index (χ1) is 7.07. The van der Waals surface area contributed by atoms with Gasteiger partial charge in [-0.2, -0.15) is 0 Å². The zero-order valence-electron chi connectivity index (χ0n) is 9.69. The average Bonchev–Trinajstić information content (AvgIpc) is 3.00. The number of nitrogens with one attached hydrogen (secondary N) is 2. The van der Waals surface area contributed by atoms with Crippen molar-refractivity contribution in [3.05, 3.63) is 0 Å². The minimum atomic E-state index is -2.88. The quantitative estimate of drug-likeness (QED) is 0.422. The molecule has 0 radical (unpaired) electrons. The van der Waals surface area contributed by atoms with Crippen molar-refractivity contribution in [2.24, 2.45) is 4.99 Å². The first-order valence-corrected chi connectivity index (χ1v) is 7.07. The maximum Gasteiger partial charge on any atom is 0.191 e. The van der Waals surface area contributed by atoms with Gasteiger partial charge in [-0.1, -0.05) is 6.92 Å². The third-order valence-electron chi connectivity index (χ3n) is 2.29. The summed E-state index contributed by atoms with van der Waals surface area (Å²) in [6, 6.07) is 0.527. The van der Waals surface area contributed by atoms with Gasteiger partial charge in [0.15, 0.2) is 15.8 Å². The summed E-state index contributed by atoms with van der Waals surface area (Å²) in [5.41, 5.74) is 0. The Hall–Kier alpha value is -0.0500. The Kier molecular flexibility index (Phi) is 7.29. The highest BCUT2D eigenvalue weighted by molar-refractivity contribution is 14.0. The molecule has 2 N–H and O–H groups in total. The molecule has 0 amide bonds. The lowest BCUT2D eigenvalue weighted by atomic mass is 10.6. The predicted octanol–water partition coefficient (Wildman–Crippen LogP) is 0.367. The van der Waals surface area contributed by atoms with E-state index in [-0.39, 0.29) is 35.5 Å². The molecular weight excluding hydrogens is 341 g/mol. The standard InChI is InChI=1S/C9H19N3O2S.HI/c1-3-15(13,14)7-6-11-9(10-2)12-8-4-5-8;/h8H,3-7H2,1-2H3,(H2,10,11,12);1H. The lowest BCUT2D eigenvalue weighted by Crippen LogP contribution is -2.40. The van der Waals surface area contributed by atoms with Crippen molar-refractivity contribution in [2.45, 2.75) is 25.8 Å². The molecule has 96 valence electrons. The van der Waals surface area contributed by atoms with Gasteiger partial charge in [0.25, 0.3) is 0 Å². The second-order valence-electron chi connectivity index (χ2n) is 3.65. The zero-order chi connectivity index (χ0) is 11.3. The molecule has 7 heteroatoms. The summed E-state index contributed by atoms with van der Waals surface area (Å²) in [5.74, 6) is 1.06. The van der Waals surface area contributed by atoms with Gasteiger partial charge in [0.2, 0.25) is 0 Å². The first-order valence-electron chi connectivity index (χ1n) is 5.25. The van der Waals surface area contributed by atoms with Crippen molar-refractivity contribution in [1.82, 2.24) is 10.6 Å². The fourth-order valence-corrected chi connectivity index (χ4v) is 1.79. The summed E-state index contributed by atoms with van der Waals surface area (Å²) in [6.07, 6.45) is 2.35. The van der Waals surface area contributed by atoms with Gasteiger partial charge in [0, 0.05) is 25.4 Å². The van der Waals surface area contributed by atoms with Crippen LogP contribution in [-0.2, 0) is 9.84 Å². The maximum absolute atomic E-state index is 11.2. The number of aliphatic imine (C=N–C) groups is 1. The van der Waals surface area contributed by atoms with Gasteiger partial charge in [-0.15, -0.1) is 24.0 Å². The summed E-state index contributed by atoms with van der Waals surface area (Å²) in [4.78, 5) is 4.01. The molecule has 0 aromatic heterocycles. The van der Waals surface area contributed by atoms with Crippen LogP contribution in [0.5, 0.6) is 0 Å².